The largest absolute Gasteiger partial charge is 0.437 e. The number of thiophene rings is 1. The summed E-state index contributed by atoms with van der Waals surface area (Å²) in [6, 6.07) is 17.4. The van der Waals surface area contributed by atoms with Crippen LogP contribution >= 0.6 is 23.3 Å². The SMILES string of the molecule is C=CC(=O)Nc1cccc(Oc2nc(Nc3ccc(SN4CCN(CC)CC4)cc3)nc3ccsc23)c1. The van der Waals surface area contributed by atoms with Gasteiger partial charge in [-0.05, 0) is 72.4 Å². The van der Waals surface area contributed by atoms with E-state index in [2.05, 4.69) is 55.4 Å². The van der Waals surface area contributed by atoms with Gasteiger partial charge in [-0.25, -0.2) is 9.29 Å². The van der Waals surface area contributed by atoms with E-state index in [0.717, 1.165) is 48.6 Å². The van der Waals surface area contributed by atoms with Gasteiger partial charge in [-0.15, -0.1) is 11.3 Å². The molecule has 10 heteroatoms. The number of nitrogens with one attached hydrogen (secondary N) is 2. The molecule has 0 spiro atoms. The van der Waals surface area contributed by atoms with Crippen molar-refractivity contribution < 1.29 is 9.53 Å². The third kappa shape index (κ3) is 6.47. The van der Waals surface area contributed by atoms with E-state index in [1.807, 2.05) is 35.7 Å². The van der Waals surface area contributed by atoms with Crippen molar-refractivity contribution in [2.24, 2.45) is 0 Å². The van der Waals surface area contributed by atoms with Crippen LogP contribution < -0.4 is 15.4 Å². The van der Waals surface area contributed by atoms with E-state index in [0.29, 0.717) is 23.3 Å². The Hall–Kier alpha value is -3.44. The number of piperazine rings is 1. The standard InChI is InChI=1S/C27H28N6O2S2/c1-3-24(34)28-20-6-5-7-21(18-20)35-26-25-23(12-17-36-25)30-27(31-26)29-19-8-10-22(11-9-19)37-33-15-13-32(4-2)14-16-33/h3,5-12,17-18H,1,4,13-16H2,2H3,(H,28,34)(H,29,30,31). The second-order valence-corrected chi connectivity index (χ2v) is 10.5. The number of rotatable bonds is 9. The molecule has 8 nitrogen and oxygen atoms in total. The molecule has 1 fully saturated rings. The lowest BCUT2D eigenvalue weighted by Gasteiger charge is -2.33. The lowest BCUT2D eigenvalue weighted by atomic mass is 10.3. The van der Waals surface area contributed by atoms with Crippen LogP contribution in [0.4, 0.5) is 17.3 Å². The number of fused-ring (bicyclic) bond motifs is 1. The van der Waals surface area contributed by atoms with E-state index in [9.17, 15) is 4.79 Å². The molecule has 2 aromatic heterocycles. The number of carbonyl (C=O) groups excluding carboxylic acids is 1. The number of carbonyl (C=O) groups is 1. The molecule has 4 aromatic rings. The molecule has 2 aromatic carbocycles. The summed E-state index contributed by atoms with van der Waals surface area (Å²) < 4.78 is 9.40. The summed E-state index contributed by atoms with van der Waals surface area (Å²) in [5, 5.41) is 8.01. The van der Waals surface area contributed by atoms with Crippen molar-refractivity contribution in [2.45, 2.75) is 11.8 Å². The van der Waals surface area contributed by atoms with Gasteiger partial charge in [-0.2, -0.15) is 4.98 Å². The quantitative estimate of drug-likeness (QED) is 0.201. The summed E-state index contributed by atoms with van der Waals surface area (Å²) >= 11 is 3.32. The highest BCUT2D eigenvalue weighted by Crippen LogP contribution is 2.34. The number of anilines is 3. The molecular weight excluding hydrogens is 504 g/mol. The molecule has 190 valence electrons. The minimum absolute atomic E-state index is 0.283. The van der Waals surface area contributed by atoms with Crippen molar-refractivity contribution in [3.8, 4) is 11.6 Å². The summed E-state index contributed by atoms with van der Waals surface area (Å²) in [6.45, 7) is 11.2. The minimum Gasteiger partial charge on any atom is -0.437 e. The highest BCUT2D eigenvalue weighted by atomic mass is 32.2. The van der Waals surface area contributed by atoms with E-state index < -0.39 is 0 Å². The number of likely N-dealkylation sites (N-methyl/N-ethyl adjacent to an activating group) is 1. The van der Waals surface area contributed by atoms with Crippen LogP contribution in [0, 0.1) is 0 Å². The highest BCUT2D eigenvalue weighted by molar-refractivity contribution is 7.97. The first-order valence-electron chi connectivity index (χ1n) is 12.1. The molecule has 0 radical (unpaired) electrons. The summed E-state index contributed by atoms with van der Waals surface area (Å²) in [7, 11) is 0. The predicted octanol–water partition coefficient (Wildman–Crippen LogP) is 6.00. The van der Waals surface area contributed by atoms with Crippen LogP contribution in [0.3, 0.4) is 0 Å². The summed E-state index contributed by atoms with van der Waals surface area (Å²) in [5.74, 6) is 1.18. The van der Waals surface area contributed by atoms with Gasteiger partial charge in [-0.3, -0.25) is 4.79 Å². The molecule has 1 amide bonds. The lowest BCUT2D eigenvalue weighted by molar-refractivity contribution is -0.111. The maximum atomic E-state index is 11.7. The number of aromatic nitrogens is 2. The average molecular weight is 533 g/mol. The molecular formula is C27H28N6O2S2. The van der Waals surface area contributed by atoms with E-state index in [-0.39, 0.29) is 5.91 Å². The van der Waals surface area contributed by atoms with Crippen LogP contribution in [0.15, 0.2) is 77.5 Å². The molecule has 0 bridgehead atoms. The average Bonchev–Trinajstić information content (AvgIpc) is 3.39. The molecule has 2 N–H and O–H groups in total. The summed E-state index contributed by atoms with van der Waals surface area (Å²) in [4.78, 5) is 24.6. The fourth-order valence-electron chi connectivity index (χ4n) is 3.92. The van der Waals surface area contributed by atoms with Gasteiger partial charge in [0.25, 0.3) is 0 Å². The summed E-state index contributed by atoms with van der Waals surface area (Å²) in [6.07, 6.45) is 1.23. The molecule has 0 saturated carbocycles. The number of nitrogens with zero attached hydrogens (tertiary/aromatic N) is 4. The first-order valence-corrected chi connectivity index (χ1v) is 13.7. The van der Waals surface area contributed by atoms with Gasteiger partial charge < -0.3 is 20.3 Å². The van der Waals surface area contributed by atoms with Gasteiger partial charge in [-0.1, -0.05) is 19.6 Å². The fraction of sp³-hybridized carbons (Fsp3) is 0.222. The summed E-state index contributed by atoms with van der Waals surface area (Å²) in [5.41, 5.74) is 2.31. The van der Waals surface area contributed by atoms with Crippen molar-refractivity contribution in [1.82, 2.24) is 19.2 Å². The van der Waals surface area contributed by atoms with Gasteiger partial charge in [0.15, 0.2) is 0 Å². The highest BCUT2D eigenvalue weighted by Gasteiger charge is 2.16. The monoisotopic (exact) mass is 532 g/mol. The van der Waals surface area contributed by atoms with Crippen LogP contribution in [-0.2, 0) is 4.79 Å². The second kappa shape index (κ2) is 11.7. The van der Waals surface area contributed by atoms with E-state index in [1.54, 1.807) is 24.1 Å². The van der Waals surface area contributed by atoms with Crippen molar-refractivity contribution >= 4 is 56.7 Å². The van der Waals surface area contributed by atoms with Crippen molar-refractivity contribution in [3.05, 3.63) is 72.6 Å². The zero-order valence-corrected chi connectivity index (χ0v) is 22.1. The smallest absolute Gasteiger partial charge is 0.247 e. The number of hydrogen-bond acceptors (Lipinski definition) is 9. The van der Waals surface area contributed by atoms with E-state index in [4.69, 9.17) is 4.74 Å². The van der Waals surface area contributed by atoms with E-state index >= 15 is 0 Å². The molecule has 0 aliphatic carbocycles. The van der Waals surface area contributed by atoms with Gasteiger partial charge in [0, 0.05) is 48.5 Å². The van der Waals surface area contributed by atoms with Crippen LogP contribution in [0.5, 0.6) is 11.6 Å². The fourth-order valence-corrected chi connectivity index (χ4v) is 5.58. The topological polar surface area (TPSA) is 82.6 Å². The molecule has 3 heterocycles. The molecule has 37 heavy (non-hydrogen) atoms. The minimum atomic E-state index is -0.283. The van der Waals surface area contributed by atoms with Crippen LogP contribution in [0.2, 0.25) is 0 Å². The third-order valence-corrected chi connectivity index (χ3v) is 7.90. The van der Waals surface area contributed by atoms with Crippen molar-refractivity contribution in [1.29, 1.82) is 0 Å². The first-order chi connectivity index (χ1) is 18.1. The Morgan fingerprint density at radius 3 is 2.68 bits per heavy atom. The van der Waals surface area contributed by atoms with Gasteiger partial charge >= 0.3 is 0 Å². The zero-order chi connectivity index (χ0) is 25.6. The van der Waals surface area contributed by atoms with Gasteiger partial charge in [0.1, 0.15) is 10.4 Å². The molecule has 1 aliphatic rings. The molecule has 5 rings (SSSR count). The van der Waals surface area contributed by atoms with Crippen LogP contribution in [0.25, 0.3) is 10.2 Å². The Labute approximate surface area is 224 Å². The Morgan fingerprint density at radius 2 is 1.92 bits per heavy atom. The Bertz CT molecular complexity index is 1380. The zero-order valence-electron chi connectivity index (χ0n) is 20.5. The molecule has 1 aliphatic heterocycles. The van der Waals surface area contributed by atoms with E-state index in [1.165, 1.54) is 22.3 Å². The van der Waals surface area contributed by atoms with Gasteiger partial charge in [0.05, 0.1) is 5.52 Å². The third-order valence-electron chi connectivity index (χ3n) is 5.90. The second-order valence-electron chi connectivity index (χ2n) is 8.41. The Kier molecular flexibility index (Phi) is 8.00. The van der Waals surface area contributed by atoms with Crippen molar-refractivity contribution in [2.75, 3.05) is 43.4 Å². The normalized spacial score (nSPS) is 14.4. The first kappa shape index (κ1) is 25.2. The number of benzene rings is 2. The molecule has 1 saturated heterocycles. The molecule has 0 unspecified atom stereocenters. The molecule has 0 atom stereocenters. The van der Waals surface area contributed by atoms with Crippen molar-refractivity contribution in [3.63, 3.8) is 0 Å². The predicted molar refractivity (Wildman–Crippen MR) is 152 cm³/mol. The number of amides is 1. The Balaban J connectivity index is 1.28. The van der Waals surface area contributed by atoms with Crippen LogP contribution in [0.1, 0.15) is 6.92 Å². The number of ether oxygens (including phenoxy) is 1. The lowest BCUT2D eigenvalue weighted by Crippen LogP contribution is -2.43. The Morgan fingerprint density at radius 1 is 1.11 bits per heavy atom. The van der Waals surface area contributed by atoms with Gasteiger partial charge in [0.2, 0.25) is 17.7 Å². The maximum absolute atomic E-state index is 11.7. The number of hydrogen-bond donors (Lipinski definition) is 2. The van der Waals surface area contributed by atoms with Crippen LogP contribution in [-0.4, -0.2) is 57.8 Å². The maximum Gasteiger partial charge on any atom is 0.247 e.